The van der Waals surface area contributed by atoms with Crippen LogP contribution in [0.2, 0.25) is 0 Å². The first-order chi connectivity index (χ1) is 12.8. The molecule has 1 aromatic carbocycles. The minimum Gasteiger partial charge on any atom is -0.484 e. The molecule has 26 heavy (non-hydrogen) atoms. The fourth-order valence-electron chi connectivity index (χ4n) is 5.54. The molecule has 3 aliphatic rings. The van der Waals surface area contributed by atoms with Gasteiger partial charge in [0.25, 0.3) is 0 Å². The maximum absolute atomic E-state index is 11.3. The summed E-state index contributed by atoms with van der Waals surface area (Å²) in [6.07, 6.45) is 6.87. The molecule has 0 amide bonds. The Bertz CT molecular complexity index is 814. The highest BCUT2D eigenvalue weighted by molar-refractivity contribution is 5.36. The van der Waals surface area contributed by atoms with Gasteiger partial charge in [-0.1, -0.05) is 24.3 Å². The lowest BCUT2D eigenvalue weighted by atomic mass is 9.88. The van der Waals surface area contributed by atoms with Crippen LogP contribution in [0.4, 0.5) is 0 Å². The summed E-state index contributed by atoms with van der Waals surface area (Å²) in [4.78, 5) is 14.1. The van der Waals surface area contributed by atoms with E-state index in [1.807, 2.05) is 0 Å². The number of nitrogens with one attached hydrogen (secondary N) is 2. The molecular weight excluding hydrogens is 324 g/mol. The van der Waals surface area contributed by atoms with E-state index in [-0.39, 0.29) is 11.7 Å². The lowest BCUT2D eigenvalue weighted by molar-refractivity contribution is 0.130. The summed E-state index contributed by atoms with van der Waals surface area (Å²) in [5.41, 5.74) is 2.65. The van der Waals surface area contributed by atoms with Crippen LogP contribution in [0.5, 0.6) is 5.75 Å². The van der Waals surface area contributed by atoms with Gasteiger partial charge < -0.3 is 15.0 Å². The van der Waals surface area contributed by atoms with Crippen molar-refractivity contribution in [1.82, 2.24) is 10.3 Å². The number of H-pyrrole nitrogens is 1. The predicted octanol–water partition coefficient (Wildman–Crippen LogP) is 3.30. The van der Waals surface area contributed by atoms with E-state index in [2.05, 4.69) is 34.6 Å². The fourth-order valence-corrected chi connectivity index (χ4v) is 5.54. The summed E-state index contributed by atoms with van der Waals surface area (Å²) in [6.45, 7) is 2.42. The van der Waals surface area contributed by atoms with E-state index < -0.39 is 0 Å². The van der Waals surface area contributed by atoms with Gasteiger partial charge in [0.15, 0.2) is 0 Å². The number of aromatic nitrogens is 1. The van der Waals surface area contributed by atoms with Crippen molar-refractivity contribution in [1.29, 1.82) is 0 Å². The Hall–Kier alpha value is -2.07. The number of pyridine rings is 1. The van der Waals surface area contributed by atoms with Gasteiger partial charge in [-0.15, -0.1) is 0 Å². The second kappa shape index (κ2) is 6.58. The quantitative estimate of drug-likeness (QED) is 0.889. The molecule has 2 heterocycles. The Morgan fingerprint density at radius 3 is 2.62 bits per heavy atom. The highest BCUT2D eigenvalue weighted by Crippen LogP contribution is 2.47. The molecule has 0 radical (unpaired) electrons. The molecule has 4 unspecified atom stereocenters. The first kappa shape index (κ1) is 16.1. The van der Waals surface area contributed by atoms with Crippen molar-refractivity contribution >= 4 is 0 Å². The Balaban J connectivity index is 1.35. The molecule has 4 nitrogen and oxygen atoms in total. The molecule has 1 saturated heterocycles. The number of ether oxygens (including phenoxy) is 1. The van der Waals surface area contributed by atoms with Gasteiger partial charge in [-0.3, -0.25) is 4.79 Å². The SMILES string of the molecule is O=c1ccc(OC2c3ccccc3CC2CC2CC3CNCC3C2)c[nH]1. The molecule has 0 bridgehead atoms. The molecule has 4 atom stereocenters. The average molecular weight is 350 g/mol. The van der Waals surface area contributed by atoms with Crippen molar-refractivity contribution in [2.45, 2.75) is 31.8 Å². The number of hydrogen-bond acceptors (Lipinski definition) is 3. The molecule has 1 aliphatic heterocycles. The van der Waals surface area contributed by atoms with Crippen LogP contribution in [-0.2, 0) is 6.42 Å². The summed E-state index contributed by atoms with van der Waals surface area (Å²) in [5, 5.41) is 3.54. The predicted molar refractivity (Wildman–Crippen MR) is 101 cm³/mol. The van der Waals surface area contributed by atoms with E-state index in [0.29, 0.717) is 5.92 Å². The van der Waals surface area contributed by atoms with Gasteiger partial charge in [-0.05, 0) is 73.7 Å². The Morgan fingerprint density at radius 2 is 1.85 bits per heavy atom. The van der Waals surface area contributed by atoms with Gasteiger partial charge in [0.1, 0.15) is 11.9 Å². The second-order valence-electron chi connectivity index (χ2n) is 8.34. The van der Waals surface area contributed by atoms with Crippen LogP contribution in [0.25, 0.3) is 0 Å². The van der Waals surface area contributed by atoms with Gasteiger partial charge >= 0.3 is 0 Å². The van der Waals surface area contributed by atoms with E-state index >= 15 is 0 Å². The van der Waals surface area contributed by atoms with E-state index in [1.165, 1.54) is 49.5 Å². The van der Waals surface area contributed by atoms with E-state index in [9.17, 15) is 4.79 Å². The highest BCUT2D eigenvalue weighted by Gasteiger charge is 2.41. The van der Waals surface area contributed by atoms with E-state index in [0.717, 1.165) is 29.9 Å². The Morgan fingerprint density at radius 1 is 1.04 bits per heavy atom. The molecule has 0 spiro atoms. The molecule has 2 aromatic rings. The monoisotopic (exact) mass is 350 g/mol. The number of fused-ring (bicyclic) bond motifs is 2. The standard InChI is InChI=1S/C22H26N2O2/c25-21-6-5-19(13-24-21)26-22-16(10-15-3-1-2-4-20(15)22)7-14-8-17-11-23-12-18(17)9-14/h1-6,13-14,16-18,22-23H,7-12H2,(H,24,25). The van der Waals surface area contributed by atoms with Gasteiger partial charge in [-0.25, -0.2) is 0 Å². The average Bonchev–Trinajstić information content (AvgIpc) is 3.31. The summed E-state index contributed by atoms with van der Waals surface area (Å²) in [5.74, 6) is 3.89. The number of hydrogen-bond donors (Lipinski definition) is 2. The maximum Gasteiger partial charge on any atom is 0.248 e. The molecule has 2 N–H and O–H groups in total. The molecule has 2 fully saturated rings. The molecule has 5 rings (SSSR count). The van der Waals surface area contributed by atoms with Gasteiger partial charge in [0, 0.05) is 18.2 Å². The van der Waals surface area contributed by atoms with Crippen molar-refractivity contribution in [3.8, 4) is 5.75 Å². The zero-order chi connectivity index (χ0) is 17.5. The van der Waals surface area contributed by atoms with Crippen LogP contribution >= 0.6 is 0 Å². The van der Waals surface area contributed by atoms with E-state index in [1.54, 1.807) is 12.3 Å². The van der Waals surface area contributed by atoms with Crippen LogP contribution in [-0.4, -0.2) is 18.1 Å². The summed E-state index contributed by atoms with van der Waals surface area (Å²) in [7, 11) is 0. The third-order valence-electron chi connectivity index (χ3n) is 6.68. The molecule has 2 aliphatic carbocycles. The molecular formula is C22H26N2O2. The van der Waals surface area contributed by atoms with Crippen molar-refractivity contribution in [2.24, 2.45) is 23.7 Å². The van der Waals surface area contributed by atoms with Crippen molar-refractivity contribution < 1.29 is 4.74 Å². The first-order valence-electron chi connectivity index (χ1n) is 9.90. The lowest BCUT2D eigenvalue weighted by Crippen LogP contribution is -2.19. The minimum atomic E-state index is -0.0909. The molecule has 4 heteroatoms. The van der Waals surface area contributed by atoms with Crippen molar-refractivity contribution in [3.63, 3.8) is 0 Å². The van der Waals surface area contributed by atoms with Gasteiger partial charge in [0.2, 0.25) is 5.56 Å². The zero-order valence-corrected chi connectivity index (χ0v) is 15.0. The zero-order valence-electron chi connectivity index (χ0n) is 15.0. The summed E-state index contributed by atoms with van der Waals surface area (Å²) < 4.78 is 6.39. The summed E-state index contributed by atoms with van der Waals surface area (Å²) >= 11 is 0. The largest absolute Gasteiger partial charge is 0.484 e. The van der Waals surface area contributed by atoms with Gasteiger partial charge in [-0.2, -0.15) is 0 Å². The lowest BCUT2D eigenvalue weighted by Gasteiger charge is -2.25. The van der Waals surface area contributed by atoms with Gasteiger partial charge in [0.05, 0.1) is 0 Å². The number of aromatic amines is 1. The summed E-state index contributed by atoms with van der Waals surface area (Å²) in [6, 6.07) is 12.0. The maximum atomic E-state index is 11.3. The van der Waals surface area contributed by atoms with Crippen LogP contribution in [0.3, 0.4) is 0 Å². The molecule has 1 saturated carbocycles. The number of rotatable bonds is 4. The Kier molecular flexibility index (Phi) is 4.08. The van der Waals surface area contributed by atoms with Crippen LogP contribution in [0, 0.1) is 23.7 Å². The normalized spacial score (nSPS) is 32.4. The minimum absolute atomic E-state index is 0.0909. The van der Waals surface area contributed by atoms with Crippen LogP contribution < -0.4 is 15.6 Å². The van der Waals surface area contributed by atoms with Crippen LogP contribution in [0.15, 0.2) is 47.4 Å². The second-order valence-corrected chi connectivity index (χ2v) is 8.34. The van der Waals surface area contributed by atoms with Crippen LogP contribution in [0.1, 0.15) is 36.5 Å². The molecule has 136 valence electrons. The number of benzene rings is 1. The van der Waals surface area contributed by atoms with E-state index in [4.69, 9.17) is 4.74 Å². The topological polar surface area (TPSA) is 54.1 Å². The third kappa shape index (κ3) is 2.96. The third-order valence-corrected chi connectivity index (χ3v) is 6.68. The Labute approximate surface area is 154 Å². The highest BCUT2D eigenvalue weighted by atomic mass is 16.5. The molecule has 1 aromatic heterocycles. The smallest absolute Gasteiger partial charge is 0.248 e. The van der Waals surface area contributed by atoms with Crippen molar-refractivity contribution in [3.05, 3.63) is 64.1 Å². The first-order valence-corrected chi connectivity index (χ1v) is 9.90. The van der Waals surface area contributed by atoms with Crippen molar-refractivity contribution in [2.75, 3.05) is 13.1 Å². The fraction of sp³-hybridized carbons (Fsp3) is 0.500.